The zero-order chi connectivity index (χ0) is 15.0. The van der Waals surface area contributed by atoms with Gasteiger partial charge in [-0.25, -0.2) is 4.98 Å². The van der Waals surface area contributed by atoms with Crippen LogP contribution in [0, 0.1) is 12.8 Å². The van der Waals surface area contributed by atoms with Crippen LogP contribution in [0.25, 0.3) is 10.9 Å². The maximum Gasteiger partial charge on any atom is 0.257 e. The largest absolute Gasteiger partial charge is 0.396 e. The van der Waals surface area contributed by atoms with E-state index < -0.39 is 0 Å². The van der Waals surface area contributed by atoms with Gasteiger partial charge in [-0.05, 0) is 38.0 Å². The maximum absolute atomic E-state index is 12.4. The number of fused-ring (bicyclic) bond motifs is 1. The first kappa shape index (κ1) is 13.7. The Morgan fingerprint density at radius 1 is 1.29 bits per heavy atom. The molecule has 1 aliphatic rings. The molecule has 1 amide bonds. The van der Waals surface area contributed by atoms with Gasteiger partial charge in [0.2, 0.25) is 0 Å². The van der Waals surface area contributed by atoms with Crippen molar-refractivity contribution >= 4 is 28.3 Å². The summed E-state index contributed by atoms with van der Waals surface area (Å²) < 4.78 is 0. The molecule has 1 unspecified atom stereocenters. The van der Waals surface area contributed by atoms with E-state index in [2.05, 4.69) is 10.1 Å². The number of aliphatic hydroxyl groups is 1. The summed E-state index contributed by atoms with van der Waals surface area (Å²) >= 11 is 0. The molecule has 3 rings (SSSR count). The molecule has 0 spiro atoms. The van der Waals surface area contributed by atoms with Gasteiger partial charge in [0, 0.05) is 17.7 Å². The number of para-hydroxylation sites is 1. The molecule has 5 nitrogen and oxygen atoms in total. The van der Waals surface area contributed by atoms with Gasteiger partial charge in [0.15, 0.2) is 5.82 Å². The Balaban J connectivity index is 2.04. The summed E-state index contributed by atoms with van der Waals surface area (Å²) in [6.45, 7) is 3.78. The maximum atomic E-state index is 12.4. The number of hydrazone groups is 1. The molecule has 0 saturated heterocycles. The van der Waals surface area contributed by atoms with Crippen molar-refractivity contribution in [2.45, 2.75) is 20.3 Å². The lowest BCUT2D eigenvalue weighted by atomic mass is 10.0. The van der Waals surface area contributed by atoms with E-state index in [1.54, 1.807) is 0 Å². The first-order valence-electron chi connectivity index (χ1n) is 6.98. The SMILES string of the molecule is CC1=NN(c2cc(C)c3ccccc3n2)C(=O)C1CCO. The lowest BCUT2D eigenvalue weighted by Crippen LogP contribution is -2.28. The van der Waals surface area contributed by atoms with Crippen LogP contribution in [0.5, 0.6) is 0 Å². The second kappa shape index (κ2) is 5.26. The summed E-state index contributed by atoms with van der Waals surface area (Å²) in [4.78, 5) is 16.9. The highest BCUT2D eigenvalue weighted by Crippen LogP contribution is 2.27. The number of carbonyl (C=O) groups is 1. The van der Waals surface area contributed by atoms with Crippen LogP contribution in [0.4, 0.5) is 5.82 Å². The Morgan fingerprint density at radius 3 is 2.81 bits per heavy atom. The molecule has 21 heavy (non-hydrogen) atoms. The van der Waals surface area contributed by atoms with Crippen LogP contribution >= 0.6 is 0 Å². The van der Waals surface area contributed by atoms with Crippen LogP contribution in [-0.4, -0.2) is 28.3 Å². The van der Waals surface area contributed by atoms with Gasteiger partial charge < -0.3 is 5.11 Å². The van der Waals surface area contributed by atoms with E-state index in [-0.39, 0.29) is 18.4 Å². The first-order chi connectivity index (χ1) is 10.1. The molecule has 2 heterocycles. The summed E-state index contributed by atoms with van der Waals surface area (Å²) in [5.74, 6) is 0.0725. The molecule has 0 fully saturated rings. The van der Waals surface area contributed by atoms with Gasteiger partial charge in [-0.15, -0.1) is 0 Å². The number of hydrogen-bond acceptors (Lipinski definition) is 4. The van der Waals surface area contributed by atoms with Gasteiger partial charge in [0.25, 0.3) is 5.91 Å². The molecule has 108 valence electrons. The Kier molecular flexibility index (Phi) is 3.43. The number of aliphatic hydroxyl groups excluding tert-OH is 1. The molecular weight excluding hydrogens is 266 g/mol. The summed E-state index contributed by atoms with van der Waals surface area (Å²) in [7, 11) is 0. The number of aryl methyl sites for hydroxylation is 1. The summed E-state index contributed by atoms with van der Waals surface area (Å²) in [6, 6.07) is 9.70. The van der Waals surface area contributed by atoms with E-state index in [0.29, 0.717) is 12.2 Å². The second-order valence-corrected chi connectivity index (χ2v) is 5.27. The molecule has 1 N–H and O–H groups in total. The minimum absolute atomic E-state index is 0.0265. The zero-order valence-electron chi connectivity index (χ0n) is 12.1. The molecule has 2 aromatic rings. The van der Waals surface area contributed by atoms with Crippen LogP contribution in [0.2, 0.25) is 0 Å². The van der Waals surface area contributed by atoms with Crippen molar-refractivity contribution < 1.29 is 9.90 Å². The topological polar surface area (TPSA) is 65.8 Å². The molecular formula is C16H17N3O2. The lowest BCUT2D eigenvalue weighted by molar-refractivity contribution is -0.120. The molecule has 1 aromatic heterocycles. The van der Waals surface area contributed by atoms with Gasteiger partial charge in [0.05, 0.1) is 11.4 Å². The molecule has 1 aliphatic heterocycles. The molecule has 0 radical (unpaired) electrons. The van der Waals surface area contributed by atoms with Crippen molar-refractivity contribution in [3.63, 3.8) is 0 Å². The standard InChI is InChI=1S/C16H17N3O2/c1-10-9-15(17-14-6-4-3-5-12(10)14)19-16(21)13(7-8-20)11(2)18-19/h3-6,9,13,20H,7-8H2,1-2H3. The minimum Gasteiger partial charge on any atom is -0.396 e. The summed E-state index contributed by atoms with van der Waals surface area (Å²) in [6.07, 6.45) is 0.400. The van der Waals surface area contributed by atoms with Gasteiger partial charge in [-0.2, -0.15) is 10.1 Å². The number of amides is 1. The van der Waals surface area contributed by atoms with E-state index in [1.807, 2.05) is 44.2 Å². The van der Waals surface area contributed by atoms with E-state index in [9.17, 15) is 4.79 Å². The molecule has 1 atom stereocenters. The fourth-order valence-electron chi connectivity index (χ4n) is 2.67. The van der Waals surface area contributed by atoms with Crippen molar-refractivity contribution in [1.82, 2.24) is 4.98 Å². The Bertz CT molecular complexity index is 739. The fraction of sp³-hybridized carbons (Fsp3) is 0.312. The number of carbonyl (C=O) groups excluding carboxylic acids is 1. The lowest BCUT2D eigenvalue weighted by Gasteiger charge is -2.14. The Labute approximate surface area is 122 Å². The Morgan fingerprint density at radius 2 is 2.05 bits per heavy atom. The number of pyridine rings is 1. The summed E-state index contributed by atoms with van der Waals surface area (Å²) in [5.41, 5.74) is 2.63. The average Bonchev–Trinajstić information content (AvgIpc) is 2.76. The van der Waals surface area contributed by atoms with Gasteiger partial charge in [-0.1, -0.05) is 18.2 Å². The third-order valence-corrected chi connectivity index (χ3v) is 3.81. The van der Waals surface area contributed by atoms with Crippen LogP contribution < -0.4 is 5.01 Å². The number of benzene rings is 1. The predicted octanol–water partition coefficient (Wildman–Crippen LogP) is 2.26. The first-order valence-corrected chi connectivity index (χ1v) is 6.98. The third-order valence-electron chi connectivity index (χ3n) is 3.81. The van der Waals surface area contributed by atoms with Gasteiger partial charge in [0.1, 0.15) is 0 Å². The zero-order valence-corrected chi connectivity index (χ0v) is 12.1. The van der Waals surface area contributed by atoms with Crippen molar-refractivity contribution in [2.24, 2.45) is 11.0 Å². The number of anilines is 1. The number of nitrogens with zero attached hydrogens (tertiary/aromatic N) is 3. The van der Waals surface area contributed by atoms with Crippen LogP contribution in [-0.2, 0) is 4.79 Å². The smallest absolute Gasteiger partial charge is 0.257 e. The van der Waals surface area contributed by atoms with E-state index in [0.717, 1.165) is 22.2 Å². The molecule has 0 aliphatic carbocycles. The summed E-state index contributed by atoms with van der Waals surface area (Å²) in [5, 5.41) is 15.8. The molecule has 1 aromatic carbocycles. The van der Waals surface area contributed by atoms with Crippen LogP contribution in [0.3, 0.4) is 0 Å². The van der Waals surface area contributed by atoms with E-state index >= 15 is 0 Å². The van der Waals surface area contributed by atoms with E-state index in [4.69, 9.17) is 5.11 Å². The van der Waals surface area contributed by atoms with Crippen molar-refractivity contribution in [3.05, 3.63) is 35.9 Å². The normalized spacial score (nSPS) is 18.4. The van der Waals surface area contributed by atoms with Crippen LogP contribution in [0.15, 0.2) is 35.4 Å². The molecule has 0 saturated carbocycles. The minimum atomic E-state index is -0.344. The van der Waals surface area contributed by atoms with Crippen molar-refractivity contribution in [1.29, 1.82) is 0 Å². The highest BCUT2D eigenvalue weighted by Gasteiger charge is 2.34. The molecule has 0 bridgehead atoms. The van der Waals surface area contributed by atoms with Crippen molar-refractivity contribution in [2.75, 3.05) is 11.6 Å². The number of rotatable bonds is 3. The van der Waals surface area contributed by atoms with Gasteiger partial charge in [-0.3, -0.25) is 4.79 Å². The Hall–Kier alpha value is -2.27. The quantitative estimate of drug-likeness (QED) is 0.939. The highest BCUT2D eigenvalue weighted by atomic mass is 16.3. The number of aromatic nitrogens is 1. The third kappa shape index (κ3) is 2.29. The van der Waals surface area contributed by atoms with Gasteiger partial charge >= 0.3 is 0 Å². The second-order valence-electron chi connectivity index (χ2n) is 5.27. The highest BCUT2D eigenvalue weighted by molar-refractivity contribution is 6.14. The van der Waals surface area contributed by atoms with Crippen molar-refractivity contribution in [3.8, 4) is 0 Å². The predicted molar refractivity (Wildman–Crippen MR) is 82.3 cm³/mol. The van der Waals surface area contributed by atoms with Crippen LogP contribution in [0.1, 0.15) is 18.9 Å². The monoisotopic (exact) mass is 283 g/mol. The fourth-order valence-corrected chi connectivity index (χ4v) is 2.67. The number of hydrogen-bond donors (Lipinski definition) is 1. The molecule has 5 heteroatoms. The average molecular weight is 283 g/mol. The van der Waals surface area contributed by atoms with E-state index in [1.165, 1.54) is 5.01 Å².